The van der Waals surface area contributed by atoms with Crippen LogP contribution in [0, 0.1) is 0 Å². The molecule has 1 atom stereocenters. The predicted molar refractivity (Wildman–Crippen MR) is 97.7 cm³/mol. The summed E-state index contributed by atoms with van der Waals surface area (Å²) in [7, 11) is 0. The second-order valence-corrected chi connectivity index (χ2v) is 7.37. The highest BCUT2D eigenvalue weighted by Gasteiger charge is 2.22. The van der Waals surface area contributed by atoms with E-state index in [2.05, 4.69) is 15.5 Å². The number of rotatable bonds is 7. The number of benzene rings is 1. The minimum atomic E-state index is -0.124. The van der Waals surface area contributed by atoms with Gasteiger partial charge >= 0.3 is 0 Å². The monoisotopic (exact) mass is 401 g/mol. The van der Waals surface area contributed by atoms with Crippen molar-refractivity contribution in [2.45, 2.75) is 31.8 Å². The lowest BCUT2D eigenvalue weighted by atomic mass is 10.2. The van der Waals surface area contributed by atoms with Crippen molar-refractivity contribution in [3.05, 3.63) is 33.3 Å². The molecule has 1 aliphatic rings. The SMILES string of the molecule is O=C(CCCOc1ccc(Cl)cc1Cl)Nc1nnc([C@H]2CCCO2)s1. The van der Waals surface area contributed by atoms with E-state index in [0.717, 1.165) is 24.5 Å². The fraction of sp³-hybridized carbons (Fsp3) is 0.438. The summed E-state index contributed by atoms with van der Waals surface area (Å²) < 4.78 is 11.1. The van der Waals surface area contributed by atoms with Crippen LogP contribution in [0.1, 0.15) is 36.8 Å². The van der Waals surface area contributed by atoms with Gasteiger partial charge in [-0.3, -0.25) is 4.79 Å². The zero-order chi connectivity index (χ0) is 17.6. The molecule has 134 valence electrons. The number of nitrogens with zero attached hydrogens (tertiary/aromatic N) is 2. The summed E-state index contributed by atoms with van der Waals surface area (Å²) >= 11 is 13.2. The Balaban J connectivity index is 1.39. The lowest BCUT2D eigenvalue weighted by Crippen LogP contribution is -2.12. The average Bonchev–Trinajstić information content (AvgIpc) is 3.24. The molecule has 1 aromatic heterocycles. The van der Waals surface area contributed by atoms with Gasteiger partial charge in [-0.25, -0.2) is 0 Å². The van der Waals surface area contributed by atoms with Gasteiger partial charge in [0.1, 0.15) is 16.9 Å². The molecule has 0 radical (unpaired) electrons. The number of aromatic nitrogens is 2. The van der Waals surface area contributed by atoms with Crippen LogP contribution in [0.25, 0.3) is 0 Å². The summed E-state index contributed by atoms with van der Waals surface area (Å²) in [5.74, 6) is 0.428. The van der Waals surface area contributed by atoms with Crippen LogP contribution in [-0.2, 0) is 9.53 Å². The first-order valence-electron chi connectivity index (χ1n) is 7.94. The van der Waals surface area contributed by atoms with E-state index < -0.39 is 0 Å². The first kappa shape index (κ1) is 18.4. The van der Waals surface area contributed by atoms with Crippen LogP contribution in [0.4, 0.5) is 5.13 Å². The quantitative estimate of drug-likeness (QED) is 0.691. The maximum Gasteiger partial charge on any atom is 0.226 e. The van der Waals surface area contributed by atoms with Crippen LogP contribution in [0.2, 0.25) is 10.0 Å². The molecule has 0 bridgehead atoms. The van der Waals surface area contributed by atoms with Crippen molar-refractivity contribution in [3.8, 4) is 5.75 Å². The lowest BCUT2D eigenvalue weighted by Gasteiger charge is -2.08. The summed E-state index contributed by atoms with van der Waals surface area (Å²) in [5.41, 5.74) is 0. The minimum Gasteiger partial charge on any atom is -0.492 e. The zero-order valence-electron chi connectivity index (χ0n) is 13.3. The standard InChI is InChI=1S/C16H17Cl2N3O3S/c17-10-5-6-12(11(18)9-10)23-8-2-4-14(22)19-16-21-20-15(25-16)13-3-1-7-24-13/h5-6,9,13H,1-4,7-8H2,(H,19,21,22)/t13-/m1/s1. The van der Waals surface area contributed by atoms with Crippen molar-refractivity contribution in [1.82, 2.24) is 10.2 Å². The molecule has 2 heterocycles. The van der Waals surface area contributed by atoms with E-state index in [1.54, 1.807) is 18.2 Å². The Morgan fingerprint density at radius 1 is 1.40 bits per heavy atom. The number of nitrogens with one attached hydrogen (secondary N) is 1. The van der Waals surface area contributed by atoms with E-state index in [4.69, 9.17) is 32.7 Å². The summed E-state index contributed by atoms with van der Waals surface area (Å²) in [6.07, 6.45) is 2.87. The largest absolute Gasteiger partial charge is 0.492 e. The second-order valence-electron chi connectivity index (χ2n) is 5.52. The van der Waals surface area contributed by atoms with E-state index in [1.165, 1.54) is 11.3 Å². The Morgan fingerprint density at radius 2 is 2.28 bits per heavy atom. The van der Waals surface area contributed by atoms with Crippen molar-refractivity contribution in [2.75, 3.05) is 18.5 Å². The highest BCUT2D eigenvalue weighted by molar-refractivity contribution is 7.15. The number of amides is 1. The summed E-state index contributed by atoms with van der Waals surface area (Å²) in [5, 5.41) is 13.1. The third kappa shape index (κ3) is 5.28. The number of ether oxygens (including phenoxy) is 2. The van der Waals surface area contributed by atoms with Crippen LogP contribution in [0.5, 0.6) is 5.75 Å². The van der Waals surface area contributed by atoms with E-state index in [0.29, 0.717) is 40.4 Å². The Kier molecular flexibility index (Phi) is 6.47. The Morgan fingerprint density at radius 3 is 3.04 bits per heavy atom. The van der Waals surface area contributed by atoms with Crippen LogP contribution >= 0.6 is 34.5 Å². The molecular weight excluding hydrogens is 385 g/mol. The van der Waals surface area contributed by atoms with E-state index in [-0.39, 0.29) is 12.0 Å². The molecule has 1 aliphatic heterocycles. The summed E-state index contributed by atoms with van der Waals surface area (Å²) in [6.45, 7) is 1.13. The van der Waals surface area contributed by atoms with E-state index >= 15 is 0 Å². The molecule has 9 heteroatoms. The van der Waals surface area contributed by atoms with Crippen molar-refractivity contribution < 1.29 is 14.3 Å². The van der Waals surface area contributed by atoms with Gasteiger partial charge in [-0.1, -0.05) is 34.5 Å². The first-order valence-corrected chi connectivity index (χ1v) is 9.52. The number of anilines is 1. The molecule has 3 rings (SSSR count). The van der Waals surface area contributed by atoms with Gasteiger partial charge in [-0.15, -0.1) is 10.2 Å². The Hall–Kier alpha value is -1.41. The van der Waals surface area contributed by atoms with Gasteiger partial charge in [0.25, 0.3) is 0 Å². The number of carbonyl (C=O) groups excluding carboxylic acids is 1. The maximum atomic E-state index is 12.0. The van der Waals surface area contributed by atoms with Crippen molar-refractivity contribution in [2.24, 2.45) is 0 Å². The van der Waals surface area contributed by atoms with Crippen molar-refractivity contribution >= 4 is 45.6 Å². The average molecular weight is 402 g/mol. The van der Waals surface area contributed by atoms with Gasteiger partial charge in [0.05, 0.1) is 11.6 Å². The van der Waals surface area contributed by atoms with Gasteiger partial charge in [-0.2, -0.15) is 0 Å². The molecule has 0 aliphatic carbocycles. The molecule has 1 fully saturated rings. The summed E-state index contributed by atoms with van der Waals surface area (Å²) in [6, 6.07) is 5.03. The zero-order valence-corrected chi connectivity index (χ0v) is 15.7. The van der Waals surface area contributed by atoms with Crippen molar-refractivity contribution in [1.29, 1.82) is 0 Å². The number of hydrogen-bond donors (Lipinski definition) is 1. The van der Waals surface area contributed by atoms with Crippen LogP contribution in [0.3, 0.4) is 0 Å². The third-order valence-corrected chi connectivity index (χ3v) is 5.05. The predicted octanol–water partition coefficient (Wildman–Crippen LogP) is 4.49. The smallest absolute Gasteiger partial charge is 0.226 e. The number of hydrogen-bond acceptors (Lipinski definition) is 6. The fourth-order valence-electron chi connectivity index (χ4n) is 2.38. The van der Waals surface area contributed by atoms with Crippen molar-refractivity contribution in [3.63, 3.8) is 0 Å². The molecule has 25 heavy (non-hydrogen) atoms. The van der Waals surface area contributed by atoms with Gasteiger partial charge in [-0.05, 0) is 37.5 Å². The molecule has 1 amide bonds. The highest BCUT2D eigenvalue weighted by Crippen LogP contribution is 2.32. The van der Waals surface area contributed by atoms with Crippen LogP contribution in [0.15, 0.2) is 18.2 Å². The molecule has 0 unspecified atom stereocenters. The maximum absolute atomic E-state index is 12.0. The minimum absolute atomic E-state index is 0.0145. The van der Waals surface area contributed by atoms with Gasteiger partial charge in [0.2, 0.25) is 11.0 Å². The molecule has 0 saturated carbocycles. The van der Waals surface area contributed by atoms with Gasteiger partial charge < -0.3 is 14.8 Å². The Labute approximate surface area is 159 Å². The molecule has 1 N–H and O–H groups in total. The molecule has 1 saturated heterocycles. The van der Waals surface area contributed by atoms with Crippen LogP contribution < -0.4 is 10.1 Å². The molecule has 0 spiro atoms. The molecule has 6 nitrogen and oxygen atoms in total. The highest BCUT2D eigenvalue weighted by atomic mass is 35.5. The normalized spacial score (nSPS) is 16.8. The number of halogens is 2. The molecule has 1 aromatic carbocycles. The lowest BCUT2D eigenvalue weighted by molar-refractivity contribution is -0.116. The van der Waals surface area contributed by atoms with Gasteiger partial charge in [0.15, 0.2) is 0 Å². The topological polar surface area (TPSA) is 73.3 Å². The van der Waals surface area contributed by atoms with E-state index in [9.17, 15) is 4.79 Å². The first-order chi connectivity index (χ1) is 12.1. The van der Waals surface area contributed by atoms with Gasteiger partial charge in [0, 0.05) is 18.1 Å². The summed E-state index contributed by atoms with van der Waals surface area (Å²) in [4.78, 5) is 12.0. The number of carbonyl (C=O) groups is 1. The fourth-order valence-corrected chi connectivity index (χ4v) is 3.68. The van der Waals surface area contributed by atoms with E-state index in [1.807, 2.05) is 0 Å². The third-order valence-electron chi connectivity index (χ3n) is 3.59. The van der Waals surface area contributed by atoms with Crippen LogP contribution in [-0.4, -0.2) is 29.3 Å². The second kappa shape index (κ2) is 8.80. The Bertz CT molecular complexity index is 735. The molecular formula is C16H17Cl2N3O3S. The molecule has 2 aromatic rings.